The van der Waals surface area contributed by atoms with Gasteiger partial charge in [-0.3, -0.25) is 9.80 Å². The van der Waals surface area contributed by atoms with Gasteiger partial charge in [-0.25, -0.2) is 19.4 Å². The molecule has 6 rings (SSSR count). The minimum Gasteiger partial charge on any atom is -0.444 e. The van der Waals surface area contributed by atoms with Gasteiger partial charge in [0.1, 0.15) is 23.6 Å². The highest BCUT2D eigenvalue weighted by Gasteiger charge is 2.34. The minimum absolute atomic E-state index is 0.0192. The molecular formula is C42H55N7O7. The van der Waals surface area contributed by atoms with Crippen molar-refractivity contribution in [2.24, 2.45) is 5.92 Å². The number of nitrogens with one attached hydrogen (secondary N) is 1. The number of hydrogen-bond donors (Lipinski definition) is 2. The van der Waals surface area contributed by atoms with E-state index < -0.39 is 35.6 Å². The van der Waals surface area contributed by atoms with Gasteiger partial charge in [0.15, 0.2) is 11.5 Å². The lowest BCUT2D eigenvalue weighted by molar-refractivity contribution is -0.0104. The van der Waals surface area contributed by atoms with Gasteiger partial charge >= 0.3 is 18.3 Å². The van der Waals surface area contributed by atoms with Crippen LogP contribution in [0.2, 0.25) is 0 Å². The number of piperidine rings is 1. The quantitative estimate of drug-likeness (QED) is 0.164. The number of ether oxygens (including phenoxy) is 3. The molecule has 4 heterocycles. The van der Waals surface area contributed by atoms with Crippen LogP contribution in [0.25, 0.3) is 5.65 Å². The zero-order valence-electron chi connectivity index (χ0n) is 33.7. The van der Waals surface area contributed by atoms with E-state index in [9.17, 15) is 19.5 Å². The Morgan fingerprint density at radius 3 is 2.36 bits per heavy atom. The number of nitrogens with zero attached hydrogens (tertiary/aromatic N) is 6. The van der Waals surface area contributed by atoms with Gasteiger partial charge in [-0.2, -0.15) is 4.52 Å². The van der Waals surface area contributed by atoms with Gasteiger partial charge in [-0.05, 0) is 89.1 Å². The molecule has 0 spiro atoms. The Hall–Kier alpha value is -5.37. The van der Waals surface area contributed by atoms with Crippen molar-refractivity contribution in [3.05, 3.63) is 83.0 Å². The summed E-state index contributed by atoms with van der Waals surface area (Å²) in [5, 5.41) is 19.5. The average Bonchev–Trinajstić information content (AvgIpc) is 3.73. The highest BCUT2D eigenvalue weighted by atomic mass is 16.6. The summed E-state index contributed by atoms with van der Waals surface area (Å²) in [6, 6.07) is 17.1. The molecule has 4 aromatic rings. The van der Waals surface area contributed by atoms with E-state index in [-0.39, 0.29) is 31.5 Å². The number of carbonyl (C=O) groups is 3. The fourth-order valence-corrected chi connectivity index (χ4v) is 7.03. The number of anilines is 3. The van der Waals surface area contributed by atoms with Gasteiger partial charge in [0, 0.05) is 37.3 Å². The van der Waals surface area contributed by atoms with Crippen molar-refractivity contribution in [2.45, 2.75) is 105 Å². The Bertz CT molecular complexity index is 2040. The van der Waals surface area contributed by atoms with Crippen LogP contribution in [0.1, 0.15) is 90.0 Å². The summed E-state index contributed by atoms with van der Waals surface area (Å²) in [7, 11) is 0. The first kappa shape index (κ1) is 40.3. The number of fused-ring (bicyclic) bond motifs is 2. The lowest BCUT2D eigenvalue weighted by atomic mass is 9.94. The number of β-amino-alcohol motifs (C(OH)–C–C–N with tert-alkyl or cyclic N) is 1. The molecule has 2 aliphatic heterocycles. The van der Waals surface area contributed by atoms with Gasteiger partial charge in [-0.15, -0.1) is 5.10 Å². The monoisotopic (exact) mass is 769 g/mol. The maximum Gasteiger partial charge on any atom is 0.416 e. The van der Waals surface area contributed by atoms with Crippen molar-refractivity contribution in [3.8, 4) is 0 Å². The van der Waals surface area contributed by atoms with Gasteiger partial charge in [0.25, 0.3) is 0 Å². The third-order valence-corrected chi connectivity index (χ3v) is 9.71. The van der Waals surface area contributed by atoms with Gasteiger partial charge < -0.3 is 29.5 Å². The first-order chi connectivity index (χ1) is 26.5. The molecule has 2 aliphatic rings. The van der Waals surface area contributed by atoms with Crippen LogP contribution in [0.3, 0.4) is 0 Å². The van der Waals surface area contributed by atoms with Crippen molar-refractivity contribution in [1.29, 1.82) is 0 Å². The van der Waals surface area contributed by atoms with Gasteiger partial charge in [0.2, 0.25) is 0 Å². The number of likely N-dealkylation sites (tertiary alicyclic amines) is 1. The van der Waals surface area contributed by atoms with Crippen LogP contribution in [-0.2, 0) is 33.8 Å². The second kappa shape index (κ2) is 16.4. The van der Waals surface area contributed by atoms with E-state index in [4.69, 9.17) is 24.3 Å². The van der Waals surface area contributed by atoms with Crippen LogP contribution in [0, 0.1) is 5.92 Å². The van der Waals surface area contributed by atoms with Gasteiger partial charge in [0.05, 0.1) is 24.9 Å². The molecule has 14 heteroatoms. The molecule has 3 amide bonds. The average molecular weight is 770 g/mol. The van der Waals surface area contributed by atoms with E-state index in [0.29, 0.717) is 49.8 Å². The largest absolute Gasteiger partial charge is 0.444 e. The van der Waals surface area contributed by atoms with Crippen LogP contribution in [0.5, 0.6) is 0 Å². The van der Waals surface area contributed by atoms with E-state index in [1.165, 1.54) is 0 Å². The summed E-state index contributed by atoms with van der Waals surface area (Å²) in [4.78, 5) is 49.2. The zero-order chi connectivity index (χ0) is 40.4. The first-order valence-electron chi connectivity index (χ1n) is 19.4. The number of hydrogen-bond acceptors (Lipinski definition) is 10. The van der Waals surface area contributed by atoms with Crippen molar-refractivity contribution in [2.75, 3.05) is 41.3 Å². The summed E-state index contributed by atoms with van der Waals surface area (Å²) >= 11 is 0. The number of aliphatic hydroxyl groups is 1. The molecule has 2 atom stereocenters. The molecule has 2 aromatic carbocycles. The van der Waals surface area contributed by atoms with E-state index in [1.807, 2.05) is 90.1 Å². The van der Waals surface area contributed by atoms with E-state index in [0.717, 1.165) is 27.9 Å². The number of carbonyl (C=O) groups excluding carboxylic acids is 3. The Labute approximate surface area is 328 Å². The van der Waals surface area contributed by atoms with E-state index >= 15 is 0 Å². The predicted octanol–water partition coefficient (Wildman–Crippen LogP) is 7.52. The Morgan fingerprint density at radius 1 is 0.946 bits per heavy atom. The Morgan fingerprint density at radius 2 is 1.68 bits per heavy atom. The lowest BCUT2D eigenvalue weighted by Crippen LogP contribution is -2.49. The van der Waals surface area contributed by atoms with Crippen molar-refractivity contribution < 1.29 is 33.7 Å². The standard InChI is InChI=1S/C42H55N7O7/c1-27(2)35-36(44-23-31-17-20-46(25-33(31)50)38(51)55-41(3,4)5)45-49-34(16-19-43-37(35)49)48(40(53)56-42(6,7)8)24-29-14-15-32-30(22-29)18-21-47(32)39(52)54-26-28-12-10-9-11-13-28/h9-16,19,22,27,31,33,50H,17-18,20-21,23-26H2,1-8H3,(H,44,45)/t31-,33+/m1/s1. The van der Waals surface area contributed by atoms with Crippen LogP contribution in [-0.4, -0.2) is 86.4 Å². The molecule has 0 unspecified atom stereocenters. The Balaban J connectivity index is 1.23. The number of aliphatic hydroxyl groups excluding tert-OH is 1. The van der Waals surface area contributed by atoms with E-state index in [1.54, 1.807) is 31.5 Å². The third kappa shape index (κ3) is 9.52. The highest BCUT2D eigenvalue weighted by Crippen LogP contribution is 2.34. The number of aromatic nitrogens is 3. The predicted molar refractivity (Wildman–Crippen MR) is 214 cm³/mol. The molecule has 0 aliphatic carbocycles. The fourth-order valence-electron chi connectivity index (χ4n) is 7.03. The molecule has 2 N–H and O–H groups in total. The summed E-state index contributed by atoms with van der Waals surface area (Å²) in [5.74, 6) is 0.954. The third-order valence-electron chi connectivity index (χ3n) is 9.71. The zero-order valence-corrected chi connectivity index (χ0v) is 33.7. The van der Waals surface area contributed by atoms with Crippen LogP contribution >= 0.6 is 0 Å². The minimum atomic E-state index is -0.764. The van der Waals surface area contributed by atoms with Crippen molar-refractivity contribution in [3.63, 3.8) is 0 Å². The summed E-state index contributed by atoms with van der Waals surface area (Å²) in [6.07, 6.45) is 0.764. The summed E-state index contributed by atoms with van der Waals surface area (Å²) in [5.41, 5.74) is 3.61. The van der Waals surface area contributed by atoms with Crippen LogP contribution in [0.4, 0.5) is 31.7 Å². The van der Waals surface area contributed by atoms with Crippen molar-refractivity contribution >= 4 is 41.3 Å². The first-order valence-corrected chi connectivity index (χ1v) is 19.4. The van der Waals surface area contributed by atoms with Crippen LogP contribution in [0.15, 0.2) is 60.8 Å². The van der Waals surface area contributed by atoms with E-state index in [2.05, 4.69) is 19.2 Å². The number of benzene rings is 2. The molecule has 14 nitrogen and oxygen atoms in total. The fraction of sp³-hybridized carbons (Fsp3) is 0.500. The van der Waals surface area contributed by atoms with Gasteiger partial charge in [-0.1, -0.05) is 56.3 Å². The van der Waals surface area contributed by atoms with Crippen molar-refractivity contribution in [1.82, 2.24) is 19.5 Å². The second-order valence-electron chi connectivity index (χ2n) is 16.9. The second-order valence-corrected chi connectivity index (χ2v) is 16.9. The number of rotatable bonds is 9. The molecule has 1 saturated heterocycles. The molecule has 0 radical (unpaired) electrons. The summed E-state index contributed by atoms with van der Waals surface area (Å²) in [6.45, 7) is 17.0. The van der Waals surface area contributed by atoms with Crippen LogP contribution < -0.4 is 15.1 Å². The molecule has 0 bridgehead atoms. The SMILES string of the molecule is CC(C)c1c(NC[C@H]2CCN(C(=O)OC(C)(C)C)C[C@@H]2O)nn2c(N(Cc3ccc4c(c3)CCN4C(=O)OCc3ccccc3)C(=O)OC(C)(C)C)ccnc12. The normalized spacial score (nSPS) is 17.2. The molecule has 0 saturated carbocycles. The molecular weight excluding hydrogens is 715 g/mol. The maximum absolute atomic E-state index is 14.0. The molecule has 1 fully saturated rings. The summed E-state index contributed by atoms with van der Waals surface area (Å²) < 4.78 is 18.7. The number of amides is 3. The molecule has 56 heavy (non-hydrogen) atoms. The highest BCUT2D eigenvalue weighted by molar-refractivity contribution is 5.91. The molecule has 2 aromatic heterocycles. The smallest absolute Gasteiger partial charge is 0.416 e. The lowest BCUT2D eigenvalue weighted by Gasteiger charge is -2.36. The topological polar surface area (TPSA) is 151 Å². The molecule has 300 valence electrons. The maximum atomic E-state index is 14.0. The Kier molecular flexibility index (Phi) is 11.8.